The summed E-state index contributed by atoms with van der Waals surface area (Å²) in [5.74, 6) is 1.99. The first-order chi connectivity index (χ1) is 7.75. The lowest BCUT2D eigenvalue weighted by Gasteiger charge is -2.18. The molecule has 0 aromatic heterocycles. The zero-order valence-corrected chi connectivity index (χ0v) is 9.78. The number of Topliss-reactive ketones (excluding diaryl/α,β-unsaturated/α-hetero) is 1. The van der Waals surface area contributed by atoms with Gasteiger partial charge in [0.15, 0.2) is 0 Å². The molecule has 0 spiro atoms. The van der Waals surface area contributed by atoms with Crippen LogP contribution in [0.4, 0.5) is 0 Å². The Morgan fingerprint density at radius 2 is 1.56 bits per heavy atom. The van der Waals surface area contributed by atoms with Gasteiger partial charge < -0.3 is 0 Å². The molecule has 0 saturated heterocycles. The Kier molecular flexibility index (Phi) is 2.34. The summed E-state index contributed by atoms with van der Waals surface area (Å²) < 4.78 is 0. The van der Waals surface area contributed by atoms with E-state index < -0.39 is 0 Å². The Morgan fingerprint density at radius 1 is 1.06 bits per heavy atom. The van der Waals surface area contributed by atoms with E-state index in [9.17, 15) is 4.79 Å². The van der Waals surface area contributed by atoms with Crippen LogP contribution in [0.25, 0.3) is 0 Å². The van der Waals surface area contributed by atoms with Gasteiger partial charge in [0.1, 0.15) is 5.78 Å². The molecule has 1 heteroatoms. The molecule has 84 valence electrons. The normalized spacial score (nSPS) is 31.9. The fourth-order valence-corrected chi connectivity index (χ4v) is 3.81. The van der Waals surface area contributed by atoms with E-state index in [4.69, 9.17) is 0 Å². The molecule has 0 radical (unpaired) electrons. The van der Waals surface area contributed by atoms with Crippen molar-refractivity contribution >= 4 is 5.78 Å². The van der Waals surface area contributed by atoms with Gasteiger partial charge in [-0.2, -0.15) is 0 Å². The van der Waals surface area contributed by atoms with E-state index in [1.165, 1.54) is 24.0 Å². The quantitative estimate of drug-likeness (QED) is 0.702. The first-order valence-corrected chi connectivity index (χ1v) is 6.33. The predicted octanol–water partition coefficient (Wildman–Crippen LogP) is 3.02. The molecule has 2 atom stereocenters. The molecule has 0 aliphatic heterocycles. The highest BCUT2D eigenvalue weighted by Crippen LogP contribution is 2.44. The van der Waals surface area contributed by atoms with Crippen molar-refractivity contribution in [3.8, 4) is 0 Å². The van der Waals surface area contributed by atoms with Crippen LogP contribution in [-0.4, -0.2) is 5.78 Å². The first kappa shape index (κ1) is 10.1. The van der Waals surface area contributed by atoms with Crippen molar-refractivity contribution in [2.75, 3.05) is 0 Å². The fourth-order valence-electron chi connectivity index (χ4n) is 3.81. The molecule has 1 aromatic rings. The Hall–Kier alpha value is -1.11. The Morgan fingerprint density at radius 3 is 2.00 bits per heavy atom. The molecular formula is C15H18O. The molecule has 1 fully saturated rings. The highest BCUT2D eigenvalue weighted by Gasteiger charge is 2.41. The average Bonchev–Trinajstić information content (AvgIpc) is 2.55. The molecule has 0 heterocycles. The van der Waals surface area contributed by atoms with E-state index in [-0.39, 0.29) is 0 Å². The van der Waals surface area contributed by atoms with E-state index >= 15 is 0 Å². The highest BCUT2D eigenvalue weighted by atomic mass is 16.1. The summed E-state index contributed by atoms with van der Waals surface area (Å²) in [7, 11) is 0. The van der Waals surface area contributed by atoms with Crippen molar-refractivity contribution in [2.24, 2.45) is 17.8 Å². The van der Waals surface area contributed by atoms with Crippen LogP contribution in [-0.2, 0) is 17.6 Å². The van der Waals surface area contributed by atoms with Crippen LogP contribution in [0.3, 0.4) is 0 Å². The van der Waals surface area contributed by atoms with Gasteiger partial charge in [0.05, 0.1) is 0 Å². The number of hydrogen-bond donors (Lipinski definition) is 0. The van der Waals surface area contributed by atoms with Crippen molar-refractivity contribution in [2.45, 2.75) is 32.6 Å². The third-order valence-electron chi connectivity index (χ3n) is 4.48. The zero-order valence-electron chi connectivity index (χ0n) is 9.78. The molecule has 3 rings (SSSR count). The lowest BCUT2D eigenvalue weighted by molar-refractivity contribution is -0.122. The minimum absolute atomic E-state index is 0.340. The number of carbonyl (C=O) groups excluding carboxylic acids is 1. The summed E-state index contributed by atoms with van der Waals surface area (Å²) >= 11 is 0. The minimum Gasteiger partial charge on any atom is -0.300 e. The Balaban J connectivity index is 1.99. The molecule has 2 aliphatic rings. The monoisotopic (exact) mass is 214 g/mol. The minimum atomic E-state index is 0.340. The second-order valence-corrected chi connectivity index (χ2v) is 5.41. The highest BCUT2D eigenvalue weighted by molar-refractivity contribution is 5.79. The number of carbonyl (C=O) groups is 1. The maximum atomic E-state index is 11.8. The Labute approximate surface area is 96.9 Å². The lowest BCUT2D eigenvalue weighted by Crippen LogP contribution is -2.22. The predicted molar refractivity (Wildman–Crippen MR) is 64.2 cm³/mol. The van der Waals surface area contributed by atoms with Crippen LogP contribution < -0.4 is 0 Å². The molecule has 1 aromatic carbocycles. The number of ketones is 1. The molecule has 2 aliphatic carbocycles. The summed E-state index contributed by atoms with van der Waals surface area (Å²) in [6.45, 7) is 1.78. The van der Waals surface area contributed by atoms with Crippen LogP contribution in [0, 0.1) is 17.8 Å². The third kappa shape index (κ3) is 1.50. The van der Waals surface area contributed by atoms with Gasteiger partial charge in [-0.05, 0) is 55.6 Å². The number of benzene rings is 1. The second kappa shape index (κ2) is 3.73. The van der Waals surface area contributed by atoms with E-state index in [1.54, 1.807) is 6.92 Å². The standard InChI is InChI=1S/C15H18O/c1-10(16)15-13-6-7-14(15)9-12-5-3-2-4-11(12)8-13/h2-5,13-15H,6-9H2,1H3. The maximum absolute atomic E-state index is 11.8. The molecular weight excluding hydrogens is 196 g/mol. The van der Waals surface area contributed by atoms with Crippen LogP contribution in [0.5, 0.6) is 0 Å². The molecule has 2 unspecified atom stereocenters. The van der Waals surface area contributed by atoms with Gasteiger partial charge in [0.2, 0.25) is 0 Å². The number of hydrogen-bond acceptors (Lipinski definition) is 1. The summed E-state index contributed by atoms with van der Waals surface area (Å²) in [5.41, 5.74) is 2.97. The zero-order chi connectivity index (χ0) is 11.1. The van der Waals surface area contributed by atoms with Gasteiger partial charge in [-0.3, -0.25) is 4.79 Å². The molecule has 0 amide bonds. The van der Waals surface area contributed by atoms with Crippen LogP contribution in [0.15, 0.2) is 24.3 Å². The average molecular weight is 214 g/mol. The van der Waals surface area contributed by atoms with Gasteiger partial charge in [-0.1, -0.05) is 24.3 Å². The largest absolute Gasteiger partial charge is 0.300 e. The Bertz CT molecular complexity index is 388. The summed E-state index contributed by atoms with van der Waals surface area (Å²) in [5, 5.41) is 0. The maximum Gasteiger partial charge on any atom is 0.133 e. The van der Waals surface area contributed by atoms with Crippen molar-refractivity contribution in [3.63, 3.8) is 0 Å². The van der Waals surface area contributed by atoms with Gasteiger partial charge in [-0.15, -0.1) is 0 Å². The van der Waals surface area contributed by atoms with Crippen LogP contribution >= 0.6 is 0 Å². The van der Waals surface area contributed by atoms with Crippen LogP contribution in [0.1, 0.15) is 30.9 Å². The van der Waals surface area contributed by atoms with Crippen molar-refractivity contribution in [1.82, 2.24) is 0 Å². The van der Waals surface area contributed by atoms with Gasteiger partial charge in [0, 0.05) is 5.92 Å². The summed E-state index contributed by atoms with van der Waals surface area (Å²) in [6.07, 6.45) is 4.75. The lowest BCUT2D eigenvalue weighted by atomic mass is 9.85. The second-order valence-electron chi connectivity index (χ2n) is 5.41. The molecule has 1 saturated carbocycles. The molecule has 0 N–H and O–H groups in total. The fraction of sp³-hybridized carbons (Fsp3) is 0.533. The van der Waals surface area contributed by atoms with E-state index in [0.717, 1.165) is 12.8 Å². The van der Waals surface area contributed by atoms with Crippen molar-refractivity contribution in [3.05, 3.63) is 35.4 Å². The van der Waals surface area contributed by atoms with E-state index in [1.807, 2.05) is 0 Å². The van der Waals surface area contributed by atoms with E-state index in [2.05, 4.69) is 24.3 Å². The summed E-state index contributed by atoms with van der Waals surface area (Å²) in [6, 6.07) is 8.74. The molecule has 2 bridgehead atoms. The first-order valence-electron chi connectivity index (χ1n) is 6.33. The topological polar surface area (TPSA) is 17.1 Å². The van der Waals surface area contributed by atoms with E-state index in [0.29, 0.717) is 23.5 Å². The van der Waals surface area contributed by atoms with Gasteiger partial charge in [0.25, 0.3) is 0 Å². The molecule has 16 heavy (non-hydrogen) atoms. The SMILES string of the molecule is CC(=O)C1C2CCC1Cc1ccccc1C2. The van der Waals surface area contributed by atoms with Gasteiger partial charge in [-0.25, -0.2) is 0 Å². The summed E-state index contributed by atoms with van der Waals surface area (Å²) in [4.78, 5) is 11.8. The number of rotatable bonds is 1. The smallest absolute Gasteiger partial charge is 0.133 e. The van der Waals surface area contributed by atoms with Crippen LogP contribution in [0.2, 0.25) is 0 Å². The molecule has 1 nitrogen and oxygen atoms in total. The number of fused-ring (bicyclic) bond motifs is 3. The van der Waals surface area contributed by atoms with Crippen molar-refractivity contribution < 1.29 is 4.79 Å². The van der Waals surface area contributed by atoms with Gasteiger partial charge >= 0.3 is 0 Å². The van der Waals surface area contributed by atoms with Crippen molar-refractivity contribution in [1.29, 1.82) is 0 Å². The third-order valence-corrected chi connectivity index (χ3v) is 4.48.